The average Bonchev–Trinajstić information content (AvgIpc) is 2.59. The maximum atomic E-state index is 12.6. The number of hydrogen-bond donors (Lipinski definition) is 3. The van der Waals surface area contributed by atoms with Gasteiger partial charge in [0.15, 0.2) is 0 Å². The van der Waals surface area contributed by atoms with Crippen LogP contribution >= 0.6 is 0 Å². The number of allylic oxidation sites excluding steroid dienone is 1. The van der Waals surface area contributed by atoms with E-state index in [1.165, 1.54) is 6.08 Å². The highest BCUT2D eigenvalue weighted by atomic mass is 16.5. The molecule has 1 aliphatic rings. The Morgan fingerprint density at radius 1 is 1.24 bits per heavy atom. The first-order valence-electron chi connectivity index (χ1n) is 7.70. The van der Waals surface area contributed by atoms with Crippen LogP contribution < -0.4 is 16.6 Å². The van der Waals surface area contributed by atoms with Crippen molar-refractivity contribution >= 4 is 11.8 Å². The number of ether oxygens (including phenoxy) is 1. The zero-order valence-electron chi connectivity index (χ0n) is 13.6. The smallest absolute Gasteiger partial charge is 0.337 e. The minimum atomic E-state index is -0.657. The van der Waals surface area contributed by atoms with E-state index in [0.717, 1.165) is 5.56 Å². The van der Waals surface area contributed by atoms with Crippen LogP contribution in [0, 0.1) is 0 Å². The number of esters is 1. The molecular weight excluding hydrogens is 322 g/mol. The van der Waals surface area contributed by atoms with Gasteiger partial charge < -0.3 is 10.1 Å². The number of aromatic amines is 2. The Hall–Kier alpha value is -3.35. The number of fused-ring (bicyclic) bond motifs is 1. The second-order valence-corrected chi connectivity index (χ2v) is 5.59. The monoisotopic (exact) mass is 339 g/mol. The molecule has 1 aliphatic heterocycles. The molecule has 0 aliphatic carbocycles. The van der Waals surface area contributed by atoms with E-state index in [0.29, 0.717) is 11.3 Å². The summed E-state index contributed by atoms with van der Waals surface area (Å²) in [6.07, 6.45) is 1.47. The molecule has 0 unspecified atom stereocenters. The van der Waals surface area contributed by atoms with Gasteiger partial charge >= 0.3 is 11.7 Å². The zero-order chi connectivity index (χ0) is 18.0. The van der Waals surface area contributed by atoms with Gasteiger partial charge in [0.25, 0.3) is 5.56 Å². The van der Waals surface area contributed by atoms with Gasteiger partial charge in [0.05, 0.1) is 17.1 Å². The van der Waals surface area contributed by atoms with Crippen LogP contribution in [0.15, 0.2) is 63.8 Å². The summed E-state index contributed by atoms with van der Waals surface area (Å²) in [6, 6.07) is 9.11. The van der Waals surface area contributed by atoms with Crippen LogP contribution in [0.25, 0.3) is 0 Å². The second-order valence-electron chi connectivity index (χ2n) is 5.59. The summed E-state index contributed by atoms with van der Waals surface area (Å²) < 4.78 is 5.19. The fraction of sp³-hybridized carbons (Fsp3) is 0.167. The van der Waals surface area contributed by atoms with Crippen LogP contribution in [-0.4, -0.2) is 22.5 Å². The Labute approximate surface area is 143 Å². The SMILES string of the molecule is C=CCOC(=O)C1=C(C)Nc2[nH]c(=O)[nH]c(=O)c2[C@H]1c1ccccc1. The fourth-order valence-electron chi connectivity index (χ4n) is 2.95. The number of carbonyl (C=O) groups excluding carboxylic acids is 1. The Morgan fingerprint density at radius 3 is 2.64 bits per heavy atom. The third-order valence-corrected chi connectivity index (χ3v) is 3.96. The number of rotatable bonds is 4. The number of aromatic nitrogens is 2. The largest absolute Gasteiger partial charge is 0.458 e. The first kappa shape index (κ1) is 16.5. The van der Waals surface area contributed by atoms with Gasteiger partial charge in [0, 0.05) is 5.70 Å². The lowest BCUT2D eigenvalue weighted by atomic mass is 9.82. The number of H-pyrrole nitrogens is 2. The molecule has 3 rings (SSSR count). The van der Waals surface area contributed by atoms with Gasteiger partial charge in [-0.15, -0.1) is 0 Å². The van der Waals surface area contributed by atoms with Crippen LogP contribution in [0.2, 0.25) is 0 Å². The molecule has 7 heteroatoms. The molecule has 0 amide bonds. The van der Waals surface area contributed by atoms with Gasteiger partial charge in [-0.1, -0.05) is 43.0 Å². The van der Waals surface area contributed by atoms with Crippen LogP contribution in [0.5, 0.6) is 0 Å². The molecular formula is C18H17N3O4. The van der Waals surface area contributed by atoms with E-state index in [1.54, 1.807) is 6.92 Å². The molecule has 7 nitrogen and oxygen atoms in total. The van der Waals surface area contributed by atoms with E-state index in [1.807, 2.05) is 30.3 Å². The molecule has 0 saturated heterocycles. The van der Waals surface area contributed by atoms with Crippen molar-refractivity contribution in [2.75, 3.05) is 11.9 Å². The normalized spacial score (nSPS) is 16.0. The van der Waals surface area contributed by atoms with Crippen LogP contribution in [0.3, 0.4) is 0 Å². The Morgan fingerprint density at radius 2 is 1.96 bits per heavy atom. The molecule has 3 N–H and O–H groups in total. The Kier molecular flexibility index (Phi) is 4.38. The molecule has 0 radical (unpaired) electrons. The van der Waals surface area contributed by atoms with E-state index in [4.69, 9.17) is 4.74 Å². The van der Waals surface area contributed by atoms with Crippen LogP contribution in [0.1, 0.15) is 24.0 Å². The number of nitrogens with one attached hydrogen (secondary N) is 3. The number of anilines is 1. The van der Waals surface area contributed by atoms with Gasteiger partial charge in [-0.25, -0.2) is 9.59 Å². The van der Waals surface area contributed by atoms with E-state index >= 15 is 0 Å². The molecule has 1 aromatic carbocycles. The second kappa shape index (κ2) is 6.64. The van der Waals surface area contributed by atoms with Crippen molar-refractivity contribution in [3.63, 3.8) is 0 Å². The van der Waals surface area contributed by atoms with Crippen molar-refractivity contribution in [2.24, 2.45) is 0 Å². The molecule has 2 aromatic rings. The average molecular weight is 339 g/mol. The lowest BCUT2D eigenvalue weighted by Crippen LogP contribution is -2.35. The third-order valence-electron chi connectivity index (χ3n) is 3.96. The summed E-state index contributed by atoms with van der Waals surface area (Å²) in [4.78, 5) is 41.4. The van der Waals surface area contributed by atoms with Crippen molar-refractivity contribution in [1.82, 2.24) is 9.97 Å². The topological polar surface area (TPSA) is 104 Å². The van der Waals surface area contributed by atoms with Gasteiger partial charge in [-0.05, 0) is 12.5 Å². The van der Waals surface area contributed by atoms with Gasteiger partial charge in [-0.2, -0.15) is 0 Å². The number of carbonyl (C=O) groups is 1. The standard InChI is InChI=1S/C18H17N3O4/c1-3-9-25-17(23)12-10(2)19-15-14(16(22)21-18(24)20-15)13(12)11-7-5-4-6-8-11/h3-8,13H,1,9H2,2H3,(H3,19,20,21,22,24)/t13-/m0/s1. The molecule has 2 heterocycles. The first-order chi connectivity index (χ1) is 12.0. The predicted molar refractivity (Wildman–Crippen MR) is 93.4 cm³/mol. The molecule has 1 aromatic heterocycles. The highest BCUT2D eigenvalue weighted by Crippen LogP contribution is 2.38. The Bertz CT molecular complexity index is 970. The molecule has 0 bridgehead atoms. The lowest BCUT2D eigenvalue weighted by molar-refractivity contribution is -0.138. The minimum Gasteiger partial charge on any atom is -0.458 e. The van der Waals surface area contributed by atoms with Gasteiger partial charge in [0.2, 0.25) is 0 Å². The molecule has 1 atom stereocenters. The van der Waals surface area contributed by atoms with Gasteiger partial charge in [-0.3, -0.25) is 14.8 Å². The van der Waals surface area contributed by atoms with E-state index in [-0.39, 0.29) is 18.0 Å². The quantitative estimate of drug-likeness (QED) is 0.580. The maximum absolute atomic E-state index is 12.6. The fourth-order valence-corrected chi connectivity index (χ4v) is 2.95. The highest BCUT2D eigenvalue weighted by molar-refractivity contribution is 5.94. The summed E-state index contributed by atoms with van der Waals surface area (Å²) in [6.45, 7) is 5.29. The molecule has 25 heavy (non-hydrogen) atoms. The number of benzene rings is 1. The van der Waals surface area contributed by atoms with Crippen molar-refractivity contribution in [1.29, 1.82) is 0 Å². The van der Waals surface area contributed by atoms with Crippen molar-refractivity contribution < 1.29 is 9.53 Å². The Balaban J connectivity index is 2.23. The van der Waals surface area contributed by atoms with Crippen LogP contribution in [0.4, 0.5) is 5.82 Å². The third kappa shape index (κ3) is 3.03. The molecule has 0 saturated carbocycles. The maximum Gasteiger partial charge on any atom is 0.337 e. The summed E-state index contributed by atoms with van der Waals surface area (Å²) in [5.74, 6) is -0.925. The summed E-state index contributed by atoms with van der Waals surface area (Å²) in [7, 11) is 0. The number of hydrogen-bond acceptors (Lipinski definition) is 5. The van der Waals surface area contributed by atoms with E-state index < -0.39 is 23.1 Å². The zero-order valence-corrected chi connectivity index (χ0v) is 13.6. The lowest BCUT2D eigenvalue weighted by Gasteiger charge is -2.28. The molecule has 128 valence electrons. The summed E-state index contributed by atoms with van der Waals surface area (Å²) in [5.41, 5.74) is 0.666. The highest BCUT2D eigenvalue weighted by Gasteiger charge is 2.35. The van der Waals surface area contributed by atoms with Crippen molar-refractivity contribution in [3.05, 3.63) is 86.2 Å². The van der Waals surface area contributed by atoms with E-state index in [9.17, 15) is 14.4 Å². The summed E-state index contributed by atoms with van der Waals surface area (Å²) in [5, 5.41) is 2.93. The minimum absolute atomic E-state index is 0.0615. The van der Waals surface area contributed by atoms with Gasteiger partial charge in [0.1, 0.15) is 12.4 Å². The molecule has 0 fully saturated rings. The van der Waals surface area contributed by atoms with Crippen molar-refractivity contribution in [3.8, 4) is 0 Å². The summed E-state index contributed by atoms with van der Waals surface area (Å²) >= 11 is 0. The van der Waals surface area contributed by atoms with E-state index in [2.05, 4.69) is 21.9 Å². The predicted octanol–water partition coefficient (Wildman–Crippen LogP) is 1.62. The molecule has 0 spiro atoms. The van der Waals surface area contributed by atoms with Crippen molar-refractivity contribution in [2.45, 2.75) is 12.8 Å². The first-order valence-corrected chi connectivity index (χ1v) is 7.70. The van der Waals surface area contributed by atoms with Crippen LogP contribution in [-0.2, 0) is 9.53 Å².